The van der Waals surface area contributed by atoms with E-state index in [1.54, 1.807) is 0 Å². The molecule has 1 unspecified atom stereocenters. The van der Waals surface area contributed by atoms with Gasteiger partial charge < -0.3 is 14.4 Å². The van der Waals surface area contributed by atoms with Gasteiger partial charge in [0, 0.05) is 37.9 Å². The molecule has 0 N–H and O–H groups in total. The van der Waals surface area contributed by atoms with E-state index in [2.05, 4.69) is 177 Å². The smallest absolute Gasteiger partial charge is 0.121 e. The second-order valence-corrected chi connectivity index (χ2v) is 22.6. The van der Waals surface area contributed by atoms with Crippen LogP contribution in [0.4, 0.5) is 0 Å². The van der Waals surface area contributed by atoms with Crippen molar-refractivity contribution in [3.8, 4) is 33.6 Å². The molecule has 3 heterocycles. The third-order valence-corrected chi connectivity index (χ3v) is 12.5. The van der Waals surface area contributed by atoms with Crippen LogP contribution in [-0.2, 0) is 31.9 Å². The maximum atomic E-state index is 6.38. The molecule has 0 spiro atoms. The van der Waals surface area contributed by atoms with E-state index >= 15 is 0 Å². The Morgan fingerprint density at radius 1 is 0.727 bits per heavy atom. The van der Waals surface area contributed by atoms with E-state index in [4.69, 9.17) is 9.40 Å². The number of pyridine rings is 2. The van der Waals surface area contributed by atoms with Crippen molar-refractivity contribution in [2.45, 2.75) is 92.8 Å². The van der Waals surface area contributed by atoms with Crippen LogP contribution < -0.4 is 5.19 Å². The number of aromatic nitrogens is 2. The van der Waals surface area contributed by atoms with E-state index in [9.17, 15) is 0 Å². The summed E-state index contributed by atoms with van der Waals surface area (Å²) in [6, 6.07) is 40.7. The van der Waals surface area contributed by atoms with Crippen molar-refractivity contribution >= 4 is 35.2 Å². The van der Waals surface area contributed by atoms with Gasteiger partial charge in [-0.3, -0.25) is 0 Å². The Morgan fingerprint density at radius 2 is 1.45 bits per heavy atom. The van der Waals surface area contributed by atoms with E-state index in [-0.39, 0.29) is 25.5 Å². The second kappa shape index (κ2) is 17.3. The van der Waals surface area contributed by atoms with Gasteiger partial charge in [0.25, 0.3) is 0 Å². The van der Waals surface area contributed by atoms with Gasteiger partial charge in [0.15, 0.2) is 0 Å². The van der Waals surface area contributed by atoms with Crippen molar-refractivity contribution < 1.29 is 24.5 Å². The predicted octanol–water partition coefficient (Wildman–Crippen LogP) is 13.5. The molecule has 55 heavy (non-hydrogen) atoms. The molecule has 0 aliphatic heterocycles. The van der Waals surface area contributed by atoms with Gasteiger partial charge in [0.2, 0.25) is 0 Å². The number of hydrogen-bond acceptors (Lipinski definition) is 3. The van der Waals surface area contributed by atoms with Crippen LogP contribution in [-0.4, -0.2) is 18.0 Å². The first-order valence-corrected chi connectivity index (χ1v) is 23.0. The van der Waals surface area contributed by atoms with Crippen molar-refractivity contribution in [1.29, 1.82) is 0 Å². The van der Waals surface area contributed by atoms with Crippen molar-refractivity contribution in [3.63, 3.8) is 0 Å². The van der Waals surface area contributed by atoms with Crippen LogP contribution in [0.1, 0.15) is 78.0 Å². The first kappa shape index (κ1) is 42.0. The molecular formula is C50H56IrN2OSi-2. The molecule has 0 amide bonds. The predicted molar refractivity (Wildman–Crippen MR) is 233 cm³/mol. The molecule has 7 aromatic rings. The summed E-state index contributed by atoms with van der Waals surface area (Å²) in [5.41, 5.74) is 12.3. The molecule has 0 fully saturated rings. The molecule has 1 radical (unpaired) electrons. The zero-order valence-corrected chi connectivity index (χ0v) is 37.9. The topological polar surface area (TPSA) is 38.9 Å². The number of fused-ring (bicyclic) bond motifs is 3. The quantitative estimate of drug-likeness (QED) is 0.113. The zero-order chi connectivity index (χ0) is 38.8. The summed E-state index contributed by atoms with van der Waals surface area (Å²) in [5.74, 6) is 1.69. The Morgan fingerprint density at radius 3 is 2.13 bits per heavy atom. The molecule has 3 nitrogen and oxygen atoms in total. The fourth-order valence-electron chi connectivity index (χ4n) is 7.00. The number of hydrogen-bond donors (Lipinski definition) is 0. The molecule has 7 rings (SSSR count). The number of nitrogens with zero attached hydrogens (tertiary/aromatic N) is 2. The Bertz CT molecular complexity index is 2360. The third kappa shape index (κ3) is 9.81. The summed E-state index contributed by atoms with van der Waals surface area (Å²) < 4.78 is 6.38. The molecule has 287 valence electrons. The van der Waals surface area contributed by atoms with Crippen LogP contribution in [0.5, 0.6) is 0 Å². The van der Waals surface area contributed by atoms with E-state index in [0.717, 1.165) is 56.4 Å². The van der Waals surface area contributed by atoms with Gasteiger partial charge in [0.05, 0.1) is 13.7 Å². The van der Waals surface area contributed by atoms with Crippen LogP contribution in [0.15, 0.2) is 114 Å². The molecular weight excluding hydrogens is 865 g/mol. The van der Waals surface area contributed by atoms with Gasteiger partial charge in [0.1, 0.15) is 5.58 Å². The first-order chi connectivity index (χ1) is 25.6. The molecule has 4 aromatic carbocycles. The SMILES string of the molecule is CC(C)C(C)c1ccnc(-c2[c-]ccc3c2oc2cc(-c4ccccc4)ccc23)c1.CC(C)Cc1cc(-c2[c-]ccc(C(C)(C)C)c2)ncc1[Si](C)(C)C.[Ir]. The van der Waals surface area contributed by atoms with Gasteiger partial charge in [-0.25, -0.2) is 0 Å². The first-order valence-electron chi connectivity index (χ1n) is 19.5. The minimum absolute atomic E-state index is 0. The number of rotatable bonds is 8. The summed E-state index contributed by atoms with van der Waals surface area (Å²) in [4.78, 5) is 9.46. The maximum absolute atomic E-state index is 6.38. The van der Waals surface area contributed by atoms with Crippen LogP contribution in [0, 0.1) is 24.0 Å². The molecule has 3 aromatic heterocycles. The third-order valence-electron chi connectivity index (χ3n) is 10.5. The Balaban J connectivity index is 0.000000213. The summed E-state index contributed by atoms with van der Waals surface area (Å²) >= 11 is 0. The largest absolute Gasteiger partial charge is 0.501 e. The standard InChI is InChI=1S/C28H24NO.C22H32NSi.Ir/c1-18(2)19(3)21-14-15-29-26(16-21)25-11-7-10-24-23-13-12-22(17-27(23)30-28(24)25)20-8-5-4-6-9-20;1-16(2)12-18-14-20(23-15-21(18)24(6,7)8)17-10-9-11-19(13-17)22(3,4)5;/h4-10,12-19H,1-3H3;9,11,13-16H,12H2,1-8H3;/q2*-1;. The van der Waals surface area contributed by atoms with Crippen LogP contribution >= 0.6 is 0 Å². The molecule has 0 saturated heterocycles. The van der Waals surface area contributed by atoms with Gasteiger partial charge in [-0.1, -0.05) is 152 Å². The summed E-state index contributed by atoms with van der Waals surface area (Å²) in [6.45, 7) is 25.3. The Labute approximate surface area is 344 Å². The van der Waals surface area contributed by atoms with Gasteiger partial charge in [-0.15, -0.1) is 53.6 Å². The average molecular weight is 921 g/mol. The summed E-state index contributed by atoms with van der Waals surface area (Å²) in [6.07, 6.45) is 5.15. The van der Waals surface area contributed by atoms with E-state index < -0.39 is 8.07 Å². The maximum Gasteiger partial charge on any atom is 0.121 e. The van der Waals surface area contributed by atoms with E-state index in [1.165, 1.54) is 27.4 Å². The molecule has 0 bridgehead atoms. The molecule has 0 aliphatic carbocycles. The minimum atomic E-state index is -1.38. The fourth-order valence-corrected chi connectivity index (χ4v) is 8.59. The Kier molecular flexibility index (Phi) is 13.2. The zero-order valence-electron chi connectivity index (χ0n) is 34.5. The number of furan rings is 1. The van der Waals surface area contributed by atoms with Gasteiger partial charge in [-0.05, 0) is 69.4 Å². The van der Waals surface area contributed by atoms with Crippen LogP contribution in [0.2, 0.25) is 19.6 Å². The van der Waals surface area contributed by atoms with Crippen molar-refractivity contribution in [3.05, 3.63) is 138 Å². The molecule has 5 heteroatoms. The minimum Gasteiger partial charge on any atom is -0.501 e. The van der Waals surface area contributed by atoms with Crippen LogP contribution in [0.25, 0.3) is 55.6 Å². The Hall–Kier alpha value is -4.15. The molecule has 0 saturated carbocycles. The van der Waals surface area contributed by atoms with E-state index in [0.29, 0.717) is 17.8 Å². The van der Waals surface area contributed by atoms with Crippen molar-refractivity contribution in [2.24, 2.45) is 11.8 Å². The van der Waals surface area contributed by atoms with Gasteiger partial charge in [-0.2, -0.15) is 0 Å². The van der Waals surface area contributed by atoms with Gasteiger partial charge >= 0.3 is 0 Å². The van der Waals surface area contributed by atoms with Crippen molar-refractivity contribution in [2.75, 3.05) is 0 Å². The fraction of sp³-hybridized carbons (Fsp3) is 0.320. The van der Waals surface area contributed by atoms with E-state index in [1.807, 2.05) is 24.4 Å². The second-order valence-electron chi connectivity index (χ2n) is 17.6. The molecule has 0 aliphatic rings. The van der Waals surface area contributed by atoms with Crippen molar-refractivity contribution in [1.82, 2.24) is 9.97 Å². The summed E-state index contributed by atoms with van der Waals surface area (Å²) in [7, 11) is -1.38. The monoisotopic (exact) mass is 921 g/mol. The van der Waals surface area contributed by atoms with Crippen LogP contribution in [0.3, 0.4) is 0 Å². The normalized spacial score (nSPS) is 12.5. The summed E-state index contributed by atoms with van der Waals surface area (Å²) in [5, 5.41) is 3.71. The molecule has 1 atom stereocenters. The number of benzene rings is 4. The average Bonchev–Trinajstić information content (AvgIpc) is 3.52.